The summed E-state index contributed by atoms with van der Waals surface area (Å²) in [7, 11) is 1.67. The number of likely N-dealkylation sites (N-methyl/N-ethyl adjacent to an activating group) is 1. The van der Waals surface area contributed by atoms with Gasteiger partial charge in [0.15, 0.2) is 0 Å². The summed E-state index contributed by atoms with van der Waals surface area (Å²) in [6.07, 6.45) is -0.373. The molecule has 4 nitrogen and oxygen atoms in total. The molecular weight excluding hydrogens is 295 g/mol. The fourth-order valence-electron chi connectivity index (χ4n) is 1.57. The lowest BCUT2D eigenvalue weighted by atomic mass is 10.2. The van der Waals surface area contributed by atoms with Gasteiger partial charge in [-0.15, -0.1) is 0 Å². The lowest BCUT2D eigenvalue weighted by Crippen LogP contribution is -2.37. The molecule has 0 fully saturated rings. The van der Waals surface area contributed by atoms with Crippen molar-refractivity contribution in [2.45, 2.75) is 32.9 Å². The molecule has 1 N–H and O–H groups in total. The third-order valence-corrected chi connectivity index (χ3v) is 2.89. The summed E-state index contributed by atoms with van der Waals surface area (Å²) in [5.74, 6) is -0.338. The van der Waals surface area contributed by atoms with Crippen molar-refractivity contribution >= 4 is 17.7 Å². The molecule has 0 bridgehead atoms. The van der Waals surface area contributed by atoms with Crippen LogP contribution in [-0.4, -0.2) is 36.7 Å². The van der Waals surface area contributed by atoms with Crippen LogP contribution in [0.1, 0.15) is 26.3 Å². The minimum Gasteiger partial charge on any atom is -0.444 e. The predicted octanol–water partition coefficient (Wildman–Crippen LogP) is 3.44. The number of nitrogens with one attached hydrogen (secondary N) is 1. The van der Waals surface area contributed by atoms with Crippen molar-refractivity contribution in [3.63, 3.8) is 0 Å². The first-order valence-electron chi connectivity index (χ1n) is 6.78. The van der Waals surface area contributed by atoms with Crippen molar-refractivity contribution < 1.29 is 13.9 Å². The molecule has 1 rings (SSSR count). The van der Waals surface area contributed by atoms with Crippen LogP contribution >= 0.6 is 11.6 Å². The molecule has 21 heavy (non-hydrogen) atoms. The van der Waals surface area contributed by atoms with E-state index in [1.165, 1.54) is 11.0 Å². The molecular formula is C15H22ClFN2O2. The summed E-state index contributed by atoms with van der Waals surface area (Å²) < 4.78 is 18.8. The van der Waals surface area contributed by atoms with E-state index in [4.69, 9.17) is 16.3 Å². The highest BCUT2D eigenvalue weighted by molar-refractivity contribution is 6.30. The highest BCUT2D eigenvalue weighted by atomic mass is 35.5. The molecule has 1 aromatic rings. The van der Waals surface area contributed by atoms with Gasteiger partial charge in [0.25, 0.3) is 0 Å². The minimum absolute atomic E-state index is 0.338. The van der Waals surface area contributed by atoms with Crippen molar-refractivity contribution in [1.29, 1.82) is 0 Å². The third kappa shape index (κ3) is 6.78. The first-order valence-corrected chi connectivity index (χ1v) is 7.15. The first-order chi connectivity index (χ1) is 9.69. The van der Waals surface area contributed by atoms with Crippen LogP contribution in [-0.2, 0) is 11.3 Å². The number of rotatable bonds is 5. The summed E-state index contributed by atoms with van der Waals surface area (Å²) in [4.78, 5) is 13.2. The standard InChI is InChI=1S/C15H22ClFN2O2/c1-15(2,3)21-14(20)19(4)8-7-18-10-11-5-6-12(16)9-13(11)17/h5-6,9,18H,7-8,10H2,1-4H3. The van der Waals surface area contributed by atoms with E-state index in [0.29, 0.717) is 30.2 Å². The van der Waals surface area contributed by atoms with Crippen molar-refractivity contribution in [1.82, 2.24) is 10.2 Å². The second kappa shape index (κ2) is 7.61. The van der Waals surface area contributed by atoms with Crippen molar-refractivity contribution in [3.8, 4) is 0 Å². The quantitative estimate of drug-likeness (QED) is 0.846. The van der Waals surface area contributed by atoms with Gasteiger partial charge in [0.1, 0.15) is 11.4 Å². The van der Waals surface area contributed by atoms with E-state index in [-0.39, 0.29) is 11.9 Å². The number of carbonyl (C=O) groups is 1. The molecule has 0 aliphatic carbocycles. The topological polar surface area (TPSA) is 41.6 Å². The van der Waals surface area contributed by atoms with Gasteiger partial charge in [0.2, 0.25) is 0 Å². The van der Waals surface area contributed by atoms with E-state index in [1.54, 1.807) is 19.2 Å². The number of hydrogen-bond acceptors (Lipinski definition) is 3. The summed E-state index contributed by atoms with van der Waals surface area (Å²) in [6.45, 7) is 6.86. The fraction of sp³-hybridized carbons (Fsp3) is 0.533. The highest BCUT2D eigenvalue weighted by Crippen LogP contribution is 2.14. The number of nitrogens with zero attached hydrogens (tertiary/aromatic N) is 1. The van der Waals surface area contributed by atoms with Crippen LogP contribution in [0, 0.1) is 5.82 Å². The van der Waals surface area contributed by atoms with Gasteiger partial charge in [-0.25, -0.2) is 9.18 Å². The average molecular weight is 317 g/mol. The van der Waals surface area contributed by atoms with E-state index in [1.807, 2.05) is 20.8 Å². The molecule has 0 aliphatic rings. The van der Waals surface area contributed by atoms with Gasteiger partial charge in [0.05, 0.1) is 0 Å². The van der Waals surface area contributed by atoms with Gasteiger partial charge in [-0.1, -0.05) is 17.7 Å². The second-order valence-electron chi connectivity index (χ2n) is 5.81. The van der Waals surface area contributed by atoms with Crippen LogP contribution < -0.4 is 5.32 Å². The van der Waals surface area contributed by atoms with E-state index in [2.05, 4.69) is 5.32 Å². The van der Waals surface area contributed by atoms with E-state index in [0.717, 1.165) is 0 Å². The van der Waals surface area contributed by atoms with E-state index < -0.39 is 5.60 Å². The Morgan fingerprint density at radius 2 is 2.10 bits per heavy atom. The largest absolute Gasteiger partial charge is 0.444 e. The molecule has 0 radical (unpaired) electrons. The zero-order valence-electron chi connectivity index (χ0n) is 12.9. The monoisotopic (exact) mass is 316 g/mol. The SMILES string of the molecule is CN(CCNCc1ccc(Cl)cc1F)C(=O)OC(C)(C)C. The fourth-order valence-corrected chi connectivity index (χ4v) is 1.72. The maximum absolute atomic E-state index is 13.5. The molecule has 1 amide bonds. The van der Waals surface area contributed by atoms with Gasteiger partial charge >= 0.3 is 6.09 Å². The van der Waals surface area contributed by atoms with E-state index in [9.17, 15) is 9.18 Å². The molecule has 0 unspecified atom stereocenters. The number of ether oxygens (including phenoxy) is 1. The van der Waals surface area contributed by atoms with Crippen LogP contribution in [0.5, 0.6) is 0 Å². The summed E-state index contributed by atoms with van der Waals surface area (Å²) in [6, 6.07) is 4.57. The number of hydrogen-bond donors (Lipinski definition) is 1. The van der Waals surface area contributed by atoms with Crippen LogP contribution in [0.3, 0.4) is 0 Å². The Labute approximate surface area is 130 Å². The molecule has 0 aromatic heterocycles. The third-order valence-electron chi connectivity index (χ3n) is 2.66. The van der Waals surface area contributed by atoms with Crippen LogP contribution in [0.4, 0.5) is 9.18 Å². The second-order valence-corrected chi connectivity index (χ2v) is 6.25. The maximum Gasteiger partial charge on any atom is 0.410 e. The normalized spacial score (nSPS) is 11.3. The van der Waals surface area contributed by atoms with Crippen molar-refractivity contribution in [3.05, 3.63) is 34.6 Å². The van der Waals surface area contributed by atoms with Gasteiger partial charge in [-0.3, -0.25) is 0 Å². The van der Waals surface area contributed by atoms with Gasteiger partial charge in [0, 0.05) is 37.3 Å². The molecule has 0 heterocycles. The molecule has 0 saturated carbocycles. The van der Waals surface area contributed by atoms with Crippen LogP contribution in [0.15, 0.2) is 18.2 Å². The van der Waals surface area contributed by atoms with Gasteiger partial charge in [-0.2, -0.15) is 0 Å². The molecule has 0 saturated heterocycles. The highest BCUT2D eigenvalue weighted by Gasteiger charge is 2.19. The van der Waals surface area contributed by atoms with Gasteiger partial charge < -0.3 is 15.0 Å². The van der Waals surface area contributed by atoms with Crippen LogP contribution in [0.25, 0.3) is 0 Å². The van der Waals surface area contributed by atoms with Crippen molar-refractivity contribution in [2.24, 2.45) is 0 Å². The van der Waals surface area contributed by atoms with Crippen molar-refractivity contribution in [2.75, 3.05) is 20.1 Å². The Kier molecular flexibility index (Phi) is 6.42. The first kappa shape index (κ1) is 17.7. The Hall–Kier alpha value is -1.33. The number of benzene rings is 1. The Bertz CT molecular complexity index is 489. The minimum atomic E-state index is -0.509. The molecule has 118 valence electrons. The molecule has 0 atom stereocenters. The summed E-state index contributed by atoms with van der Waals surface area (Å²) in [5, 5.41) is 3.45. The summed E-state index contributed by atoms with van der Waals surface area (Å²) in [5.41, 5.74) is 0.0323. The molecule has 0 aliphatic heterocycles. The Balaban J connectivity index is 2.32. The lowest BCUT2D eigenvalue weighted by molar-refractivity contribution is 0.0300. The number of carbonyl (C=O) groups excluding carboxylic acids is 1. The Morgan fingerprint density at radius 1 is 1.43 bits per heavy atom. The van der Waals surface area contributed by atoms with E-state index >= 15 is 0 Å². The lowest BCUT2D eigenvalue weighted by Gasteiger charge is -2.24. The Morgan fingerprint density at radius 3 is 2.67 bits per heavy atom. The summed E-state index contributed by atoms with van der Waals surface area (Å²) >= 11 is 5.69. The number of halogens is 2. The predicted molar refractivity (Wildman–Crippen MR) is 82.0 cm³/mol. The zero-order chi connectivity index (χ0) is 16.0. The zero-order valence-corrected chi connectivity index (χ0v) is 13.6. The molecule has 1 aromatic carbocycles. The number of amides is 1. The smallest absolute Gasteiger partial charge is 0.410 e. The molecule has 0 spiro atoms. The maximum atomic E-state index is 13.5. The molecule has 6 heteroatoms. The average Bonchev–Trinajstić information content (AvgIpc) is 2.34. The van der Waals surface area contributed by atoms with Gasteiger partial charge in [-0.05, 0) is 32.9 Å². The van der Waals surface area contributed by atoms with Crippen LogP contribution in [0.2, 0.25) is 5.02 Å².